The largest absolute Gasteiger partial charge is 0.356 e. The number of aromatic nitrogens is 3. The number of rotatable bonds is 3. The van der Waals surface area contributed by atoms with E-state index >= 15 is 0 Å². The smallest absolute Gasteiger partial charge is 0.272 e. The summed E-state index contributed by atoms with van der Waals surface area (Å²) in [7, 11) is 0. The Bertz CT molecular complexity index is 782. The Hall–Kier alpha value is -2.05. The lowest BCUT2D eigenvalue weighted by Gasteiger charge is -2.11. The summed E-state index contributed by atoms with van der Waals surface area (Å²) in [5.41, 5.74) is 1.78. The minimum absolute atomic E-state index is 0.253. The number of hydrogen-bond acceptors (Lipinski definition) is 2. The molecule has 1 amide bonds. The number of halogens is 2. The predicted molar refractivity (Wildman–Crippen MR) is 85.0 cm³/mol. The van der Waals surface area contributed by atoms with E-state index < -0.39 is 0 Å². The minimum atomic E-state index is -0.253. The number of aromatic amines is 1. The number of carbonyl (C=O) groups is 1. The van der Waals surface area contributed by atoms with Crippen LogP contribution in [0.5, 0.6) is 0 Å². The molecule has 21 heavy (non-hydrogen) atoms. The summed E-state index contributed by atoms with van der Waals surface area (Å²) in [4.78, 5) is 15.1. The van der Waals surface area contributed by atoms with Crippen molar-refractivity contribution in [1.82, 2.24) is 14.8 Å². The van der Waals surface area contributed by atoms with Gasteiger partial charge in [0.2, 0.25) is 0 Å². The molecule has 0 saturated carbocycles. The predicted octanol–water partition coefficient (Wildman–Crippen LogP) is 3.87. The van der Waals surface area contributed by atoms with Gasteiger partial charge in [-0.2, -0.15) is 5.10 Å². The van der Waals surface area contributed by atoms with Crippen LogP contribution in [0.2, 0.25) is 5.02 Å². The molecule has 0 atom stereocenters. The van der Waals surface area contributed by atoms with Gasteiger partial charge in [-0.15, -0.1) is 0 Å². The molecule has 5 nitrogen and oxygen atoms in total. The van der Waals surface area contributed by atoms with Gasteiger partial charge in [0, 0.05) is 28.1 Å². The van der Waals surface area contributed by atoms with Gasteiger partial charge in [0.25, 0.3) is 5.91 Å². The maximum atomic E-state index is 12.2. The zero-order chi connectivity index (χ0) is 14.8. The number of benzene rings is 1. The molecular formula is C14H10BrClN4O. The summed E-state index contributed by atoms with van der Waals surface area (Å²) >= 11 is 9.31. The second kappa shape index (κ2) is 5.75. The maximum Gasteiger partial charge on any atom is 0.272 e. The molecule has 0 radical (unpaired) electrons. The summed E-state index contributed by atoms with van der Waals surface area (Å²) < 4.78 is 2.47. The molecule has 0 aliphatic carbocycles. The number of H-pyrrole nitrogens is 1. The lowest BCUT2D eigenvalue weighted by Crippen LogP contribution is -2.14. The Morgan fingerprint density at radius 1 is 1.38 bits per heavy atom. The van der Waals surface area contributed by atoms with Gasteiger partial charge in [0.15, 0.2) is 0 Å². The molecule has 2 heterocycles. The monoisotopic (exact) mass is 364 g/mol. The molecule has 2 N–H and O–H groups in total. The normalized spacial score (nSPS) is 10.6. The lowest BCUT2D eigenvalue weighted by atomic mass is 10.2. The van der Waals surface area contributed by atoms with Gasteiger partial charge in [0.05, 0.1) is 11.4 Å². The topological polar surface area (TPSA) is 62.7 Å². The number of hydrogen-bond donors (Lipinski definition) is 2. The quantitative estimate of drug-likeness (QED) is 0.740. The van der Waals surface area contributed by atoms with Crippen LogP contribution >= 0.6 is 27.5 Å². The van der Waals surface area contributed by atoms with Crippen molar-refractivity contribution in [1.29, 1.82) is 0 Å². The van der Waals surface area contributed by atoms with Gasteiger partial charge in [-0.3, -0.25) is 4.79 Å². The van der Waals surface area contributed by atoms with Crippen LogP contribution in [0.4, 0.5) is 5.69 Å². The summed E-state index contributed by atoms with van der Waals surface area (Å²) in [6.45, 7) is 0. The zero-order valence-corrected chi connectivity index (χ0v) is 13.0. The summed E-state index contributed by atoms with van der Waals surface area (Å²) in [6, 6.07) is 8.75. The molecule has 0 fully saturated rings. The molecule has 0 aliphatic rings. The van der Waals surface area contributed by atoms with Crippen molar-refractivity contribution >= 4 is 39.1 Å². The van der Waals surface area contributed by atoms with Crippen molar-refractivity contribution in [2.75, 3.05) is 5.32 Å². The van der Waals surface area contributed by atoms with Crippen molar-refractivity contribution < 1.29 is 4.79 Å². The molecule has 3 aromatic rings. The molecule has 0 unspecified atom stereocenters. The summed E-state index contributed by atoms with van der Waals surface area (Å²) in [6.07, 6.45) is 5.16. The van der Waals surface area contributed by atoms with E-state index in [-0.39, 0.29) is 5.91 Å². The van der Waals surface area contributed by atoms with Crippen molar-refractivity contribution in [3.8, 4) is 5.69 Å². The van der Waals surface area contributed by atoms with Gasteiger partial charge < -0.3 is 10.3 Å². The fraction of sp³-hybridized carbons (Fsp3) is 0. The van der Waals surface area contributed by atoms with Gasteiger partial charge in [-0.25, -0.2) is 4.68 Å². The highest BCUT2D eigenvalue weighted by atomic mass is 79.9. The Kier molecular flexibility index (Phi) is 3.81. The van der Waals surface area contributed by atoms with E-state index in [0.717, 1.165) is 10.2 Å². The van der Waals surface area contributed by atoms with Gasteiger partial charge in [-0.1, -0.05) is 11.6 Å². The molecule has 2 aromatic heterocycles. The van der Waals surface area contributed by atoms with Crippen LogP contribution < -0.4 is 5.32 Å². The first-order valence-electron chi connectivity index (χ1n) is 6.08. The van der Waals surface area contributed by atoms with Crippen LogP contribution in [0.1, 0.15) is 10.5 Å². The Morgan fingerprint density at radius 3 is 2.90 bits per heavy atom. The van der Waals surface area contributed by atoms with E-state index in [1.165, 1.54) is 0 Å². The van der Waals surface area contributed by atoms with Gasteiger partial charge in [0.1, 0.15) is 5.69 Å². The SMILES string of the molecule is O=C(Nc1cc(Cl)ccc1-n1cccn1)c1cc(Br)c[nH]1. The third-order valence-electron chi connectivity index (χ3n) is 2.85. The summed E-state index contributed by atoms with van der Waals surface area (Å²) in [5, 5.41) is 7.54. The molecular weight excluding hydrogens is 356 g/mol. The van der Waals surface area contributed by atoms with Crippen molar-refractivity contribution in [3.05, 3.63) is 64.1 Å². The maximum absolute atomic E-state index is 12.2. The van der Waals surface area contributed by atoms with E-state index in [0.29, 0.717) is 16.4 Å². The second-order valence-electron chi connectivity index (χ2n) is 4.30. The lowest BCUT2D eigenvalue weighted by molar-refractivity contribution is 0.102. The fourth-order valence-corrected chi connectivity index (χ4v) is 2.42. The third kappa shape index (κ3) is 3.01. The van der Waals surface area contributed by atoms with Crippen LogP contribution in [-0.2, 0) is 0 Å². The van der Waals surface area contributed by atoms with Crippen LogP contribution in [0.25, 0.3) is 5.69 Å². The Labute approximate surface area is 134 Å². The molecule has 1 aromatic carbocycles. The molecule has 7 heteroatoms. The van der Waals surface area contributed by atoms with E-state index in [2.05, 4.69) is 31.3 Å². The molecule has 0 bridgehead atoms. The number of carbonyl (C=O) groups excluding carboxylic acids is 1. The second-order valence-corrected chi connectivity index (χ2v) is 5.65. The van der Waals surface area contributed by atoms with Gasteiger partial charge in [-0.05, 0) is 46.3 Å². The average molecular weight is 366 g/mol. The minimum Gasteiger partial charge on any atom is -0.356 e. The first-order valence-corrected chi connectivity index (χ1v) is 7.25. The first-order chi connectivity index (χ1) is 10.1. The molecule has 106 valence electrons. The molecule has 0 saturated heterocycles. The number of anilines is 1. The van der Waals surface area contributed by atoms with Gasteiger partial charge >= 0.3 is 0 Å². The van der Waals surface area contributed by atoms with E-state index in [4.69, 9.17) is 11.6 Å². The third-order valence-corrected chi connectivity index (χ3v) is 3.54. The van der Waals surface area contributed by atoms with Crippen molar-refractivity contribution in [2.45, 2.75) is 0 Å². The molecule has 0 spiro atoms. The highest BCUT2D eigenvalue weighted by Gasteiger charge is 2.12. The molecule has 3 rings (SSSR count). The van der Waals surface area contributed by atoms with Crippen LogP contribution in [-0.4, -0.2) is 20.7 Å². The van der Waals surface area contributed by atoms with Crippen LogP contribution in [0.3, 0.4) is 0 Å². The first kappa shape index (κ1) is 13.9. The Morgan fingerprint density at radius 2 is 2.24 bits per heavy atom. The number of nitrogens with zero attached hydrogens (tertiary/aromatic N) is 2. The van der Waals surface area contributed by atoms with E-state index in [9.17, 15) is 4.79 Å². The fourth-order valence-electron chi connectivity index (χ4n) is 1.91. The summed E-state index contributed by atoms with van der Waals surface area (Å²) in [5.74, 6) is -0.253. The standard InChI is InChI=1S/C14H10BrClN4O/c15-9-6-12(17-8-9)14(21)19-11-7-10(16)2-3-13(11)20-5-1-4-18-20/h1-8,17H,(H,19,21). The highest BCUT2D eigenvalue weighted by molar-refractivity contribution is 9.10. The molecule has 0 aliphatic heterocycles. The number of amides is 1. The average Bonchev–Trinajstić information content (AvgIpc) is 3.10. The van der Waals surface area contributed by atoms with Crippen molar-refractivity contribution in [2.24, 2.45) is 0 Å². The van der Waals surface area contributed by atoms with E-state index in [1.54, 1.807) is 47.5 Å². The van der Waals surface area contributed by atoms with Crippen LogP contribution in [0, 0.1) is 0 Å². The van der Waals surface area contributed by atoms with Crippen LogP contribution in [0.15, 0.2) is 53.4 Å². The highest BCUT2D eigenvalue weighted by Crippen LogP contribution is 2.25. The zero-order valence-electron chi connectivity index (χ0n) is 10.7. The van der Waals surface area contributed by atoms with E-state index in [1.807, 2.05) is 6.07 Å². The van der Waals surface area contributed by atoms with Crippen molar-refractivity contribution in [3.63, 3.8) is 0 Å². The number of nitrogens with one attached hydrogen (secondary N) is 2. The Balaban J connectivity index is 1.94.